The number of aryl methyl sites for hydroxylation is 2. The monoisotopic (exact) mass is 469 g/mol. The summed E-state index contributed by atoms with van der Waals surface area (Å²) < 4.78 is 38.9. The van der Waals surface area contributed by atoms with Gasteiger partial charge in [-0.1, -0.05) is 24.2 Å². The molecule has 1 saturated heterocycles. The number of hydrogen-bond acceptors (Lipinski definition) is 6. The average molecular weight is 470 g/mol. The highest BCUT2D eigenvalue weighted by Crippen LogP contribution is 2.29. The van der Waals surface area contributed by atoms with E-state index in [1.807, 2.05) is 24.3 Å². The third-order valence-corrected chi connectivity index (χ3v) is 7.78. The minimum Gasteiger partial charge on any atom is -0.465 e. The first-order chi connectivity index (χ1) is 15.9. The number of carbonyl (C=O) groups excluding carboxylic acids is 1. The number of sulfonamides is 1. The zero-order valence-electron chi connectivity index (χ0n) is 18.7. The van der Waals surface area contributed by atoms with E-state index < -0.39 is 15.9 Å². The lowest BCUT2D eigenvalue weighted by molar-refractivity contribution is -0.120. The average Bonchev–Trinajstić information content (AvgIpc) is 3.48. The van der Waals surface area contributed by atoms with Crippen molar-refractivity contribution in [3.05, 3.63) is 65.4 Å². The van der Waals surface area contributed by atoms with Crippen molar-refractivity contribution >= 4 is 33.8 Å². The molecule has 0 saturated carbocycles. The molecule has 9 heteroatoms. The summed E-state index contributed by atoms with van der Waals surface area (Å²) in [5.74, 6) is 0.0707. The number of furan rings is 1. The summed E-state index contributed by atoms with van der Waals surface area (Å²) in [6.45, 7) is 4.10. The van der Waals surface area contributed by atoms with Gasteiger partial charge in [-0.15, -0.1) is 0 Å². The molecule has 3 heterocycles. The van der Waals surface area contributed by atoms with Crippen LogP contribution in [0.25, 0.3) is 12.2 Å². The van der Waals surface area contributed by atoms with Gasteiger partial charge in [0.1, 0.15) is 11.5 Å². The molecule has 8 nitrogen and oxygen atoms in total. The molecule has 1 N–H and O–H groups in total. The lowest BCUT2D eigenvalue weighted by Crippen LogP contribution is -2.43. The molecule has 0 unspecified atom stereocenters. The van der Waals surface area contributed by atoms with Gasteiger partial charge < -0.3 is 14.3 Å². The Labute approximate surface area is 193 Å². The molecule has 1 atom stereocenters. The summed E-state index contributed by atoms with van der Waals surface area (Å²) in [6, 6.07) is 11.2. The van der Waals surface area contributed by atoms with Gasteiger partial charge in [0.05, 0.1) is 12.2 Å². The Balaban J connectivity index is 1.50. The molecular weight excluding hydrogens is 442 g/mol. The van der Waals surface area contributed by atoms with E-state index >= 15 is 0 Å². The Bertz CT molecular complexity index is 1230. The summed E-state index contributed by atoms with van der Waals surface area (Å²) in [4.78, 5) is 12.9. The second-order valence-electron chi connectivity index (χ2n) is 8.05. The van der Waals surface area contributed by atoms with Crippen LogP contribution in [0.2, 0.25) is 0 Å². The van der Waals surface area contributed by atoms with Crippen LogP contribution in [0.3, 0.4) is 0 Å². The van der Waals surface area contributed by atoms with Crippen LogP contribution in [-0.4, -0.2) is 36.9 Å². The van der Waals surface area contributed by atoms with Crippen molar-refractivity contribution in [1.82, 2.24) is 9.46 Å². The number of carbonyl (C=O) groups is 1. The van der Waals surface area contributed by atoms with Gasteiger partial charge in [0, 0.05) is 18.8 Å². The SMILES string of the molecule is CCc1ccc(NC(=O)[C@H]2CCCN(S(=O)(=O)c3c(C)noc3/C=C/c3ccco3)C2)cc1. The number of piperidine rings is 1. The topological polar surface area (TPSA) is 106 Å². The molecule has 1 amide bonds. The lowest BCUT2D eigenvalue weighted by Gasteiger charge is -2.31. The van der Waals surface area contributed by atoms with E-state index in [-0.39, 0.29) is 28.8 Å². The number of nitrogens with zero attached hydrogens (tertiary/aromatic N) is 2. The minimum atomic E-state index is -3.90. The molecule has 1 fully saturated rings. The first-order valence-electron chi connectivity index (χ1n) is 11.0. The lowest BCUT2D eigenvalue weighted by atomic mass is 9.98. The molecular formula is C24H27N3O5S. The highest BCUT2D eigenvalue weighted by Gasteiger charge is 2.37. The van der Waals surface area contributed by atoms with Crippen LogP contribution in [-0.2, 0) is 21.2 Å². The summed E-state index contributed by atoms with van der Waals surface area (Å²) in [5, 5.41) is 6.78. The third-order valence-electron chi connectivity index (χ3n) is 5.76. The van der Waals surface area contributed by atoms with Crippen molar-refractivity contribution < 1.29 is 22.2 Å². The van der Waals surface area contributed by atoms with E-state index in [0.29, 0.717) is 30.8 Å². The van der Waals surface area contributed by atoms with Crippen molar-refractivity contribution in [3.8, 4) is 0 Å². The highest BCUT2D eigenvalue weighted by atomic mass is 32.2. The Kier molecular flexibility index (Phi) is 6.80. The second kappa shape index (κ2) is 9.76. The third kappa shape index (κ3) is 5.09. The Morgan fingerprint density at radius 3 is 2.73 bits per heavy atom. The Morgan fingerprint density at radius 2 is 2.03 bits per heavy atom. The van der Waals surface area contributed by atoms with Crippen LogP contribution in [0.5, 0.6) is 0 Å². The van der Waals surface area contributed by atoms with Crippen LogP contribution in [0.15, 0.2) is 56.5 Å². The van der Waals surface area contributed by atoms with E-state index in [1.165, 1.54) is 22.2 Å². The Hall–Kier alpha value is -3.17. The number of rotatable bonds is 7. The number of aromatic nitrogens is 1. The van der Waals surface area contributed by atoms with Crippen molar-refractivity contribution in [1.29, 1.82) is 0 Å². The fraction of sp³-hybridized carbons (Fsp3) is 0.333. The van der Waals surface area contributed by atoms with Crippen LogP contribution in [0, 0.1) is 12.8 Å². The van der Waals surface area contributed by atoms with Crippen molar-refractivity contribution in [2.45, 2.75) is 38.0 Å². The predicted octanol–water partition coefficient (Wildman–Crippen LogP) is 4.35. The number of hydrogen-bond donors (Lipinski definition) is 1. The standard InChI is InChI=1S/C24H27N3O5S/c1-3-18-8-10-20(11-9-18)25-24(28)19-6-4-14-27(16-19)33(29,30)23-17(2)26-32-22(23)13-12-21-7-5-15-31-21/h5,7-13,15,19H,3-4,6,14,16H2,1-2H3,(H,25,28)/b13-12+/t19-/m0/s1. The number of nitrogens with one attached hydrogen (secondary N) is 1. The predicted molar refractivity (Wildman–Crippen MR) is 125 cm³/mol. The maximum absolute atomic E-state index is 13.5. The molecule has 0 bridgehead atoms. The van der Waals surface area contributed by atoms with E-state index in [0.717, 1.165) is 6.42 Å². The first-order valence-corrected chi connectivity index (χ1v) is 12.4. The van der Waals surface area contributed by atoms with Gasteiger partial charge in [-0.2, -0.15) is 4.31 Å². The maximum Gasteiger partial charge on any atom is 0.248 e. The Morgan fingerprint density at radius 1 is 1.24 bits per heavy atom. The van der Waals surface area contributed by atoms with Gasteiger partial charge in [-0.05, 0) is 68.2 Å². The molecule has 1 aromatic carbocycles. The van der Waals surface area contributed by atoms with Crippen LogP contribution in [0.4, 0.5) is 5.69 Å². The normalized spacial score (nSPS) is 17.5. The largest absolute Gasteiger partial charge is 0.465 e. The zero-order chi connectivity index (χ0) is 23.4. The molecule has 1 aliphatic heterocycles. The van der Waals surface area contributed by atoms with Crippen LogP contribution < -0.4 is 5.32 Å². The fourth-order valence-electron chi connectivity index (χ4n) is 3.91. The van der Waals surface area contributed by atoms with E-state index in [9.17, 15) is 13.2 Å². The fourth-order valence-corrected chi connectivity index (χ4v) is 5.69. The molecule has 0 spiro atoms. The summed E-state index contributed by atoms with van der Waals surface area (Å²) in [6.07, 6.45) is 6.81. The van der Waals surface area contributed by atoms with Crippen molar-refractivity contribution in [2.75, 3.05) is 18.4 Å². The van der Waals surface area contributed by atoms with E-state index in [4.69, 9.17) is 8.94 Å². The van der Waals surface area contributed by atoms with Crippen LogP contribution >= 0.6 is 0 Å². The van der Waals surface area contributed by atoms with Gasteiger partial charge in [0.15, 0.2) is 10.7 Å². The van der Waals surface area contributed by atoms with Crippen molar-refractivity contribution in [3.63, 3.8) is 0 Å². The summed E-state index contributed by atoms with van der Waals surface area (Å²) in [7, 11) is -3.90. The second-order valence-corrected chi connectivity index (χ2v) is 9.93. The molecule has 4 rings (SSSR count). The molecule has 0 radical (unpaired) electrons. The summed E-state index contributed by atoms with van der Waals surface area (Å²) >= 11 is 0. The summed E-state index contributed by atoms with van der Waals surface area (Å²) in [5.41, 5.74) is 2.16. The maximum atomic E-state index is 13.5. The van der Waals surface area contributed by atoms with E-state index in [2.05, 4.69) is 17.4 Å². The van der Waals surface area contributed by atoms with Gasteiger partial charge in [0.25, 0.3) is 0 Å². The number of anilines is 1. The van der Waals surface area contributed by atoms with Gasteiger partial charge in [0.2, 0.25) is 15.9 Å². The molecule has 3 aromatic rings. The zero-order valence-corrected chi connectivity index (χ0v) is 19.5. The van der Waals surface area contributed by atoms with Gasteiger partial charge in [-0.3, -0.25) is 4.79 Å². The van der Waals surface area contributed by atoms with Crippen LogP contribution in [0.1, 0.15) is 42.5 Å². The van der Waals surface area contributed by atoms with Gasteiger partial charge >= 0.3 is 0 Å². The highest BCUT2D eigenvalue weighted by molar-refractivity contribution is 7.89. The molecule has 2 aromatic heterocycles. The first kappa shape index (κ1) is 23.0. The van der Waals surface area contributed by atoms with E-state index in [1.54, 1.807) is 25.1 Å². The number of benzene rings is 1. The molecule has 0 aliphatic carbocycles. The minimum absolute atomic E-state index is 0.0153. The smallest absolute Gasteiger partial charge is 0.248 e. The van der Waals surface area contributed by atoms with Gasteiger partial charge in [-0.25, -0.2) is 8.42 Å². The van der Waals surface area contributed by atoms with Crippen molar-refractivity contribution in [2.24, 2.45) is 5.92 Å². The molecule has 174 valence electrons. The number of amides is 1. The molecule has 1 aliphatic rings. The molecule has 33 heavy (non-hydrogen) atoms. The quantitative estimate of drug-likeness (QED) is 0.552.